The molecule has 324 valence electrons. The van der Waals surface area contributed by atoms with E-state index in [1.54, 1.807) is 74.5 Å². The summed E-state index contributed by atoms with van der Waals surface area (Å²) in [5, 5.41) is 14.6. The van der Waals surface area contributed by atoms with Crippen LogP contribution in [0.1, 0.15) is 46.1 Å². The van der Waals surface area contributed by atoms with Crippen molar-refractivity contribution >= 4 is 29.5 Å². The molecule has 7 atom stereocenters. The van der Waals surface area contributed by atoms with E-state index in [4.69, 9.17) is 32.9 Å². The van der Waals surface area contributed by atoms with Gasteiger partial charge < -0.3 is 43.4 Å². The number of carbonyl (C=O) groups excluding carboxylic acids is 2. The smallest absolute Gasteiger partial charge is 0.407 e. The number of alkyl carbamates (subject to hydrolysis) is 1. The number of nitrogens with one attached hydrogen (secondary N) is 1. The van der Waals surface area contributed by atoms with Crippen molar-refractivity contribution in [2.75, 3.05) is 52.5 Å². The van der Waals surface area contributed by atoms with Crippen molar-refractivity contribution in [2.24, 2.45) is 17.8 Å². The molecular formula is C42H57N2O13PS. The number of carbonyl (C=O) groups is 2. The average molecular weight is 861 g/mol. The minimum absolute atomic E-state index is 0.0347. The summed E-state index contributed by atoms with van der Waals surface area (Å²) in [6, 6.07) is 20.6. The van der Waals surface area contributed by atoms with Crippen molar-refractivity contribution < 1.29 is 60.6 Å². The third-order valence-corrected chi connectivity index (χ3v) is 13.9. The van der Waals surface area contributed by atoms with Crippen LogP contribution in [0.15, 0.2) is 83.8 Å². The summed E-state index contributed by atoms with van der Waals surface area (Å²) in [5.41, 5.74) is 0.676. The monoisotopic (exact) mass is 860 g/mol. The van der Waals surface area contributed by atoms with E-state index in [9.17, 15) is 27.7 Å². The van der Waals surface area contributed by atoms with Crippen molar-refractivity contribution in [1.29, 1.82) is 0 Å². The van der Waals surface area contributed by atoms with E-state index in [1.807, 2.05) is 19.9 Å². The van der Waals surface area contributed by atoms with Crippen LogP contribution in [0, 0.1) is 17.8 Å². The first-order chi connectivity index (χ1) is 28.2. The SMILES string of the molecule is CCOC(=O)[C@H](C)CCP(=O)(COc1ccc(C[C@H](NC(=O)O[C@H]2CO[C@H]3OCC[C@H]32)[C@H](O)CN(CC(C)C)S(=O)(=O)c2ccc(OC)cc2)cc1)Oc1ccccc1. The van der Waals surface area contributed by atoms with E-state index in [-0.39, 0.29) is 74.4 Å². The van der Waals surface area contributed by atoms with E-state index in [0.717, 1.165) is 0 Å². The fraction of sp³-hybridized carbons (Fsp3) is 0.524. The van der Waals surface area contributed by atoms with Crippen LogP contribution in [0.2, 0.25) is 0 Å². The van der Waals surface area contributed by atoms with Crippen molar-refractivity contribution in [1.82, 2.24) is 9.62 Å². The Labute approximate surface area is 347 Å². The number of hydrogen-bond acceptors (Lipinski definition) is 13. The summed E-state index contributed by atoms with van der Waals surface area (Å²) >= 11 is 0. The van der Waals surface area contributed by atoms with Gasteiger partial charge in [0.15, 0.2) is 12.6 Å². The van der Waals surface area contributed by atoms with Gasteiger partial charge in [-0.3, -0.25) is 9.36 Å². The molecule has 59 heavy (non-hydrogen) atoms. The number of amides is 1. The second-order valence-corrected chi connectivity index (χ2v) is 19.6. The van der Waals surface area contributed by atoms with Gasteiger partial charge in [-0.05, 0) is 86.2 Å². The molecule has 17 heteroatoms. The number of nitrogens with zero attached hydrogens (tertiary/aromatic N) is 1. The molecule has 2 aliphatic heterocycles. The minimum atomic E-state index is -4.07. The molecule has 2 N–H and O–H groups in total. The van der Waals surface area contributed by atoms with Crippen LogP contribution >= 0.6 is 7.37 Å². The Balaban J connectivity index is 1.31. The van der Waals surface area contributed by atoms with Gasteiger partial charge in [-0.1, -0.05) is 51.1 Å². The van der Waals surface area contributed by atoms with Gasteiger partial charge in [0.25, 0.3) is 7.37 Å². The summed E-state index contributed by atoms with van der Waals surface area (Å²) in [6.45, 7) is 7.90. The molecule has 0 spiro atoms. The largest absolute Gasteiger partial charge is 0.497 e. The lowest BCUT2D eigenvalue weighted by Crippen LogP contribution is -2.51. The van der Waals surface area contributed by atoms with Crippen LogP contribution in [0.5, 0.6) is 17.2 Å². The van der Waals surface area contributed by atoms with E-state index in [2.05, 4.69) is 5.32 Å². The van der Waals surface area contributed by atoms with Crippen LogP contribution in [0.25, 0.3) is 0 Å². The molecule has 0 saturated carbocycles. The fourth-order valence-electron chi connectivity index (χ4n) is 6.82. The van der Waals surface area contributed by atoms with Gasteiger partial charge in [0.1, 0.15) is 23.4 Å². The summed E-state index contributed by atoms with van der Waals surface area (Å²) in [6.07, 6.45) is -2.29. The predicted octanol–water partition coefficient (Wildman–Crippen LogP) is 6.08. The van der Waals surface area contributed by atoms with Gasteiger partial charge in [0.2, 0.25) is 10.0 Å². The summed E-state index contributed by atoms with van der Waals surface area (Å²) in [7, 11) is -6.05. The number of esters is 1. The standard InChI is InChI=1S/C42H57N2O13PS/c1-6-52-40(46)30(4)21-23-58(48,57-34-10-8-7-9-11-34)28-55-33-14-12-31(13-15-33)24-37(43-42(47)56-39-27-54-41-36(39)20-22-53-41)38(45)26-44(25-29(2)3)59(49,50)35-18-16-32(51-5)17-19-35/h7-19,29-30,36-39,41,45H,6,20-28H2,1-5H3,(H,43,47)/t30-,36+,37+,38-,39+,41-,58?/m1/s1. The van der Waals surface area contributed by atoms with Crippen molar-refractivity contribution in [3.63, 3.8) is 0 Å². The lowest BCUT2D eigenvalue weighted by molar-refractivity contribution is -0.147. The van der Waals surface area contributed by atoms with Crippen LogP contribution in [-0.2, 0) is 44.8 Å². The Morgan fingerprint density at radius 2 is 1.64 bits per heavy atom. The number of ether oxygens (including phenoxy) is 6. The molecule has 2 aliphatic rings. The van der Waals surface area contributed by atoms with Crippen LogP contribution in [0.4, 0.5) is 4.79 Å². The number of para-hydroxylation sites is 1. The number of fused-ring (bicyclic) bond motifs is 1. The van der Waals surface area contributed by atoms with Crippen LogP contribution in [-0.4, -0.2) is 107 Å². The number of aliphatic hydroxyl groups excluding tert-OH is 1. The highest BCUT2D eigenvalue weighted by molar-refractivity contribution is 7.89. The van der Waals surface area contributed by atoms with Gasteiger partial charge in [-0.15, -0.1) is 0 Å². The lowest BCUT2D eigenvalue weighted by atomic mass is 10.0. The number of benzene rings is 3. The zero-order valence-corrected chi connectivity index (χ0v) is 36.0. The first-order valence-electron chi connectivity index (χ1n) is 19.9. The molecule has 15 nitrogen and oxygen atoms in total. The van der Waals surface area contributed by atoms with Gasteiger partial charge in [0.05, 0.1) is 55.8 Å². The number of aliphatic hydroxyl groups is 1. The molecular weight excluding hydrogens is 804 g/mol. The molecule has 1 amide bonds. The Bertz CT molecular complexity index is 1950. The molecule has 5 rings (SSSR count). The highest BCUT2D eigenvalue weighted by Crippen LogP contribution is 2.48. The van der Waals surface area contributed by atoms with Gasteiger partial charge >= 0.3 is 12.1 Å². The Morgan fingerprint density at radius 1 is 0.949 bits per heavy atom. The number of rotatable bonds is 22. The highest BCUT2D eigenvalue weighted by Gasteiger charge is 2.44. The molecule has 2 fully saturated rings. The molecule has 0 aliphatic carbocycles. The van der Waals surface area contributed by atoms with Gasteiger partial charge in [-0.25, -0.2) is 13.2 Å². The maximum Gasteiger partial charge on any atom is 0.407 e. The van der Waals surface area contributed by atoms with E-state index in [1.165, 1.54) is 23.5 Å². The summed E-state index contributed by atoms with van der Waals surface area (Å²) in [4.78, 5) is 25.7. The Hall–Kier alpha value is -4.18. The fourth-order valence-corrected chi connectivity index (χ4v) is 10.3. The van der Waals surface area contributed by atoms with Crippen LogP contribution in [0.3, 0.4) is 0 Å². The Kier molecular flexibility index (Phi) is 16.6. The molecule has 1 unspecified atom stereocenters. The number of hydrogen-bond donors (Lipinski definition) is 2. The first-order valence-corrected chi connectivity index (χ1v) is 23.4. The summed E-state index contributed by atoms with van der Waals surface area (Å²) in [5.74, 6) is 0.233. The second kappa shape index (κ2) is 21.4. The van der Waals surface area contributed by atoms with Crippen molar-refractivity contribution in [2.45, 2.75) is 76.4 Å². The molecule has 3 aromatic carbocycles. The molecule has 0 bridgehead atoms. The molecule has 3 aromatic rings. The highest BCUT2D eigenvalue weighted by atomic mass is 32.2. The van der Waals surface area contributed by atoms with Gasteiger partial charge in [-0.2, -0.15) is 4.31 Å². The quantitative estimate of drug-likeness (QED) is 0.0876. The number of methoxy groups -OCH3 is 1. The zero-order valence-electron chi connectivity index (χ0n) is 34.3. The average Bonchev–Trinajstić information content (AvgIpc) is 3.85. The van der Waals surface area contributed by atoms with E-state index >= 15 is 0 Å². The van der Waals surface area contributed by atoms with E-state index < -0.39 is 53.9 Å². The van der Waals surface area contributed by atoms with Crippen molar-refractivity contribution in [3.8, 4) is 17.2 Å². The maximum absolute atomic E-state index is 14.1. The minimum Gasteiger partial charge on any atom is -0.497 e. The third-order valence-electron chi connectivity index (χ3n) is 10.1. The zero-order chi connectivity index (χ0) is 42.6. The normalized spacial score (nSPS) is 20.2. The molecule has 0 radical (unpaired) electrons. The van der Waals surface area contributed by atoms with Crippen molar-refractivity contribution in [3.05, 3.63) is 84.4 Å². The molecule has 2 heterocycles. The van der Waals surface area contributed by atoms with E-state index in [0.29, 0.717) is 35.8 Å². The Morgan fingerprint density at radius 3 is 2.31 bits per heavy atom. The molecule has 2 saturated heterocycles. The van der Waals surface area contributed by atoms with Crippen LogP contribution < -0.4 is 19.3 Å². The second-order valence-electron chi connectivity index (χ2n) is 15.2. The topological polar surface area (TPSA) is 185 Å². The third kappa shape index (κ3) is 13.2. The summed E-state index contributed by atoms with van der Waals surface area (Å²) < 4.78 is 82.4. The maximum atomic E-state index is 14.1. The predicted molar refractivity (Wildman–Crippen MR) is 219 cm³/mol. The van der Waals surface area contributed by atoms with Gasteiger partial charge in [0, 0.05) is 19.3 Å². The molecule has 0 aromatic heterocycles. The first kappa shape index (κ1) is 45.9. The lowest BCUT2D eigenvalue weighted by Gasteiger charge is -2.31. The number of sulfonamides is 1.